The van der Waals surface area contributed by atoms with Crippen LogP contribution in [0.25, 0.3) is 0 Å². The molecule has 0 amide bonds. The highest BCUT2D eigenvalue weighted by Crippen LogP contribution is 2.24. The SMILES string of the molecule is CCC[Si](CCC)(CCC)NC(CC)CC. The molecule has 0 aromatic carbocycles. The fraction of sp³-hybridized carbons (Fsp3) is 1.00. The third-order valence-electron chi connectivity index (χ3n) is 3.68. The van der Waals surface area contributed by atoms with Gasteiger partial charge in [0.2, 0.25) is 0 Å². The van der Waals surface area contributed by atoms with Crippen molar-refractivity contribution >= 4 is 8.24 Å². The van der Waals surface area contributed by atoms with Crippen LogP contribution in [0.15, 0.2) is 0 Å². The van der Waals surface area contributed by atoms with Crippen LogP contribution in [0.1, 0.15) is 66.7 Å². The molecule has 0 saturated heterocycles. The molecule has 0 spiro atoms. The van der Waals surface area contributed by atoms with Crippen LogP contribution < -0.4 is 4.98 Å². The molecule has 16 heavy (non-hydrogen) atoms. The van der Waals surface area contributed by atoms with Crippen molar-refractivity contribution in [2.24, 2.45) is 0 Å². The highest BCUT2D eigenvalue weighted by atomic mass is 28.3. The monoisotopic (exact) mass is 243 g/mol. The predicted octanol–water partition coefficient (Wildman–Crippen LogP) is 4.94. The molecule has 0 aromatic rings. The smallest absolute Gasteiger partial charge is 0.125 e. The third-order valence-corrected chi connectivity index (χ3v) is 9.07. The fourth-order valence-electron chi connectivity index (χ4n) is 2.95. The minimum atomic E-state index is -1.15. The van der Waals surface area contributed by atoms with Crippen molar-refractivity contribution in [3.8, 4) is 0 Å². The molecule has 98 valence electrons. The molecule has 1 nitrogen and oxygen atoms in total. The van der Waals surface area contributed by atoms with E-state index < -0.39 is 8.24 Å². The third kappa shape index (κ3) is 5.49. The van der Waals surface area contributed by atoms with Crippen molar-refractivity contribution < 1.29 is 0 Å². The Bertz CT molecular complexity index is 138. The Balaban J connectivity index is 4.56. The van der Waals surface area contributed by atoms with Gasteiger partial charge in [0.1, 0.15) is 8.24 Å². The number of hydrogen-bond donors (Lipinski definition) is 1. The molecule has 1 N–H and O–H groups in total. The Kier molecular flexibility index (Phi) is 9.33. The maximum atomic E-state index is 4.11. The molecule has 0 aliphatic heterocycles. The summed E-state index contributed by atoms with van der Waals surface area (Å²) in [6.07, 6.45) is 6.67. The highest BCUT2D eigenvalue weighted by Gasteiger charge is 2.31. The summed E-state index contributed by atoms with van der Waals surface area (Å²) >= 11 is 0. The van der Waals surface area contributed by atoms with E-state index in [0.29, 0.717) is 0 Å². The van der Waals surface area contributed by atoms with E-state index in [4.69, 9.17) is 0 Å². The fourth-order valence-corrected chi connectivity index (χ4v) is 8.28. The van der Waals surface area contributed by atoms with Crippen LogP contribution in [-0.2, 0) is 0 Å². The average Bonchev–Trinajstić information content (AvgIpc) is 2.27. The maximum absolute atomic E-state index is 4.11. The first-order valence-electron chi connectivity index (χ1n) is 7.45. The molecular formula is C14H33NSi. The van der Waals surface area contributed by atoms with E-state index >= 15 is 0 Å². The molecule has 0 atom stereocenters. The van der Waals surface area contributed by atoms with Crippen molar-refractivity contribution in [2.75, 3.05) is 0 Å². The van der Waals surface area contributed by atoms with Gasteiger partial charge < -0.3 is 4.98 Å². The van der Waals surface area contributed by atoms with Crippen LogP contribution >= 0.6 is 0 Å². The lowest BCUT2D eigenvalue weighted by Gasteiger charge is -2.36. The molecule has 0 rings (SSSR count). The molecule has 0 heterocycles. The van der Waals surface area contributed by atoms with Crippen LogP contribution in [0.2, 0.25) is 18.1 Å². The lowest BCUT2D eigenvalue weighted by Crippen LogP contribution is -2.54. The minimum Gasteiger partial charge on any atom is -0.334 e. The lowest BCUT2D eigenvalue weighted by molar-refractivity contribution is 0.560. The van der Waals surface area contributed by atoms with Gasteiger partial charge in [0, 0.05) is 0 Å². The van der Waals surface area contributed by atoms with E-state index in [1.807, 2.05) is 0 Å². The van der Waals surface area contributed by atoms with Crippen LogP contribution in [0.3, 0.4) is 0 Å². The van der Waals surface area contributed by atoms with Crippen LogP contribution in [-0.4, -0.2) is 14.3 Å². The van der Waals surface area contributed by atoms with Gasteiger partial charge in [0.25, 0.3) is 0 Å². The van der Waals surface area contributed by atoms with Gasteiger partial charge in [-0.2, -0.15) is 0 Å². The molecule has 0 fully saturated rings. The van der Waals surface area contributed by atoms with Crippen molar-refractivity contribution in [3.05, 3.63) is 0 Å². The van der Waals surface area contributed by atoms with E-state index in [9.17, 15) is 0 Å². The second-order valence-corrected chi connectivity index (χ2v) is 9.54. The number of hydrogen-bond acceptors (Lipinski definition) is 1. The summed E-state index contributed by atoms with van der Waals surface area (Å²) in [5, 5.41) is 0. The molecule has 0 aliphatic rings. The Labute approximate surface area is 104 Å². The zero-order valence-electron chi connectivity index (χ0n) is 12.2. The Morgan fingerprint density at radius 3 is 1.38 bits per heavy atom. The first kappa shape index (κ1) is 16.2. The minimum absolute atomic E-state index is 0.774. The summed E-state index contributed by atoms with van der Waals surface area (Å²) in [5.41, 5.74) is 0. The van der Waals surface area contributed by atoms with Gasteiger partial charge in [-0.05, 0) is 37.0 Å². The Morgan fingerprint density at radius 2 is 1.12 bits per heavy atom. The largest absolute Gasteiger partial charge is 0.334 e. The summed E-state index contributed by atoms with van der Waals surface area (Å²) in [7, 11) is -1.15. The van der Waals surface area contributed by atoms with E-state index in [1.54, 1.807) is 0 Å². The zero-order chi connectivity index (χ0) is 12.4. The van der Waals surface area contributed by atoms with Gasteiger partial charge in [-0.25, -0.2) is 0 Å². The van der Waals surface area contributed by atoms with Gasteiger partial charge in [-0.15, -0.1) is 0 Å². The van der Waals surface area contributed by atoms with Crippen molar-refractivity contribution in [1.29, 1.82) is 0 Å². The second kappa shape index (κ2) is 9.23. The summed E-state index contributed by atoms with van der Waals surface area (Å²) in [4.78, 5) is 4.11. The Morgan fingerprint density at radius 1 is 0.750 bits per heavy atom. The zero-order valence-corrected chi connectivity index (χ0v) is 13.2. The van der Waals surface area contributed by atoms with Gasteiger partial charge in [0.15, 0.2) is 0 Å². The predicted molar refractivity (Wildman–Crippen MR) is 78.6 cm³/mol. The van der Waals surface area contributed by atoms with Gasteiger partial charge in [-0.1, -0.05) is 53.9 Å². The van der Waals surface area contributed by atoms with Crippen molar-refractivity contribution in [1.82, 2.24) is 4.98 Å². The number of rotatable bonds is 10. The molecule has 2 heteroatoms. The van der Waals surface area contributed by atoms with Gasteiger partial charge >= 0.3 is 0 Å². The van der Waals surface area contributed by atoms with Crippen molar-refractivity contribution in [2.45, 2.75) is 90.9 Å². The molecule has 0 saturated carbocycles. The van der Waals surface area contributed by atoms with Crippen LogP contribution in [0.5, 0.6) is 0 Å². The molecule has 0 unspecified atom stereocenters. The topological polar surface area (TPSA) is 12.0 Å². The van der Waals surface area contributed by atoms with Gasteiger partial charge in [-0.3, -0.25) is 0 Å². The molecule has 0 aromatic heterocycles. The van der Waals surface area contributed by atoms with E-state index in [1.165, 1.54) is 50.2 Å². The number of nitrogens with one attached hydrogen (secondary N) is 1. The molecule has 0 aliphatic carbocycles. The standard InChI is InChI=1S/C14H33NSi/c1-6-11-16(12-7-2,13-8-3)15-14(9-4)10-5/h14-15H,6-13H2,1-5H3. The highest BCUT2D eigenvalue weighted by molar-refractivity contribution is 6.77. The molecule has 0 radical (unpaired) electrons. The van der Waals surface area contributed by atoms with Gasteiger partial charge in [0.05, 0.1) is 0 Å². The first-order chi connectivity index (χ1) is 7.67. The van der Waals surface area contributed by atoms with Crippen LogP contribution in [0.4, 0.5) is 0 Å². The van der Waals surface area contributed by atoms with E-state index in [2.05, 4.69) is 39.6 Å². The average molecular weight is 244 g/mol. The Hall–Kier alpha value is 0.177. The molecular weight excluding hydrogens is 210 g/mol. The van der Waals surface area contributed by atoms with E-state index in [0.717, 1.165) is 6.04 Å². The summed E-state index contributed by atoms with van der Waals surface area (Å²) < 4.78 is 0. The van der Waals surface area contributed by atoms with Crippen molar-refractivity contribution in [3.63, 3.8) is 0 Å². The second-order valence-electron chi connectivity index (χ2n) is 5.19. The lowest BCUT2D eigenvalue weighted by atomic mass is 10.2. The first-order valence-corrected chi connectivity index (χ1v) is 10.1. The summed E-state index contributed by atoms with van der Waals surface area (Å²) in [6.45, 7) is 11.7. The summed E-state index contributed by atoms with van der Waals surface area (Å²) in [6, 6.07) is 5.21. The van der Waals surface area contributed by atoms with Crippen LogP contribution in [0, 0.1) is 0 Å². The molecule has 0 bridgehead atoms. The normalized spacial score (nSPS) is 12.4. The maximum Gasteiger partial charge on any atom is 0.125 e. The summed E-state index contributed by atoms with van der Waals surface area (Å²) in [5.74, 6) is 0. The quantitative estimate of drug-likeness (QED) is 0.536. The van der Waals surface area contributed by atoms with E-state index in [-0.39, 0.29) is 0 Å².